The predicted molar refractivity (Wildman–Crippen MR) is 119 cm³/mol. The van der Waals surface area contributed by atoms with Gasteiger partial charge in [-0.3, -0.25) is 4.57 Å². The van der Waals surface area contributed by atoms with Crippen LogP contribution < -0.4 is 5.69 Å². The summed E-state index contributed by atoms with van der Waals surface area (Å²) in [7, 11) is 0. The number of imidazole rings is 1. The van der Waals surface area contributed by atoms with Crippen LogP contribution in [0.4, 0.5) is 0 Å². The van der Waals surface area contributed by atoms with Gasteiger partial charge in [-0.2, -0.15) is 0 Å². The van der Waals surface area contributed by atoms with Crippen LogP contribution >= 0.6 is 0 Å². The SMILES string of the molecule is O=c1[nH]c(-c2ccccc2)c(-c2ccc3ccccc3c2)n1Cc1ccccc1. The number of H-pyrrole nitrogens is 1. The van der Waals surface area contributed by atoms with Gasteiger partial charge in [0.15, 0.2) is 0 Å². The van der Waals surface area contributed by atoms with Gasteiger partial charge in [0.2, 0.25) is 0 Å². The van der Waals surface area contributed by atoms with Gasteiger partial charge in [-0.15, -0.1) is 0 Å². The third kappa shape index (κ3) is 3.27. The number of rotatable bonds is 4. The molecule has 0 saturated carbocycles. The van der Waals surface area contributed by atoms with Crippen molar-refractivity contribution in [1.82, 2.24) is 9.55 Å². The molecule has 0 unspecified atom stereocenters. The van der Waals surface area contributed by atoms with Crippen molar-refractivity contribution in [1.29, 1.82) is 0 Å². The van der Waals surface area contributed by atoms with Crippen molar-refractivity contribution >= 4 is 10.8 Å². The zero-order chi connectivity index (χ0) is 19.6. The average molecular weight is 376 g/mol. The molecule has 140 valence electrons. The van der Waals surface area contributed by atoms with E-state index in [1.165, 1.54) is 5.39 Å². The highest BCUT2D eigenvalue weighted by Gasteiger charge is 2.18. The minimum Gasteiger partial charge on any atom is -0.305 e. The fourth-order valence-corrected chi connectivity index (χ4v) is 3.84. The van der Waals surface area contributed by atoms with Crippen molar-refractivity contribution in [3.8, 4) is 22.5 Å². The molecule has 0 radical (unpaired) electrons. The first-order chi connectivity index (χ1) is 14.3. The highest BCUT2D eigenvalue weighted by Crippen LogP contribution is 2.32. The van der Waals surface area contributed by atoms with Crippen LogP contribution in [0.15, 0.2) is 108 Å². The van der Waals surface area contributed by atoms with Crippen molar-refractivity contribution in [2.45, 2.75) is 6.54 Å². The molecule has 5 rings (SSSR count). The molecular weight excluding hydrogens is 356 g/mol. The monoisotopic (exact) mass is 376 g/mol. The van der Waals surface area contributed by atoms with Gasteiger partial charge in [0.25, 0.3) is 0 Å². The molecular formula is C26H20N2O. The Morgan fingerprint density at radius 2 is 1.31 bits per heavy atom. The van der Waals surface area contributed by atoms with E-state index in [-0.39, 0.29) is 5.69 Å². The maximum absolute atomic E-state index is 13.0. The van der Waals surface area contributed by atoms with E-state index < -0.39 is 0 Å². The lowest BCUT2D eigenvalue weighted by Gasteiger charge is -2.11. The number of nitrogens with one attached hydrogen (secondary N) is 1. The highest BCUT2D eigenvalue weighted by atomic mass is 16.1. The molecule has 0 aliphatic carbocycles. The Morgan fingerprint density at radius 3 is 2.07 bits per heavy atom. The molecule has 0 aliphatic heterocycles. The number of aromatic nitrogens is 2. The van der Waals surface area contributed by atoms with Crippen LogP contribution in [-0.4, -0.2) is 9.55 Å². The van der Waals surface area contributed by atoms with E-state index >= 15 is 0 Å². The lowest BCUT2D eigenvalue weighted by Crippen LogP contribution is -2.18. The Balaban J connectivity index is 1.75. The molecule has 29 heavy (non-hydrogen) atoms. The quantitative estimate of drug-likeness (QED) is 0.428. The Hall–Kier alpha value is -3.85. The number of fused-ring (bicyclic) bond motifs is 1. The Kier molecular flexibility index (Phi) is 4.34. The summed E-state index contributed by atoms with van der Waals surface area (Å²) >= 11 is 0. The highest BCUT2D eigenvalue weighted by molar-refractivity contribution is 5.89. The Morgan fingerprint density at radius 1 is 0.655 bits per heavy atom. The summed E-state index contributed by atoms with van der Waals surface area (Å²) in [4.78, 5) is 16.1. The predicted octanol–water partition coefficient (Wildman–Crippen LogP) is 5.71. The van der Waals surface area contributed by atoms with Crippen molar-refractivity contribution < 1.29 is 0 Å². The summed E-state index contributed by atoms with van der Waals surface area (Å²) in [5.74, 6) is 0. The van der Waals surface area contributed by atoms with Gasteiger partial charge in [0, 0.05) is 11.1 Å². The van der Waals surface area contributed by atoms with Gasteiger partial charge < -0.3 is 4.98 Å². The third-order valence-electron chi connectivity index (χ3n) is 5.25. The molecule has 0 saturated heterocycles. The average Bonchev–Trinajstić information content (AvgIpc) is 3.11. The first-order valence-corrected chi connectivity index (χ1v) is 9.71. The van der Waals surface area contributed by atoms with Gasteiger partial charge in [-0.1, -0.05) is 97.1 Å². The second kappa shape index (κ2) is 7.28. The molecule has 5 aromatic rings. The fourth-order valence-electron chi connectivity index (χ4n) is 3.84. The Bertz CT molecular complexity index is 1330. The molecule has 0 aliphatic rings. The summed E-state index contributed by atoms with van der Waals surface area (Å²) in [6.07, 6.45) is 0. The van der Waals surface area contributed by atoms with Crippen LogP contribution in [0.2, 0.25) is 0 Å². The maximum Gasteiger partial charge on any atom is 0.326 e. The molecule has 1 N–H and O–H groups in total. The summed E-state index contributed by atoms with van der Waals surface area (Å²) in [6, 6.07) is 34.8. The van der Waals surface area contributed by atoms with Crippen LogP contribution in [0.5, 0.6) is 0 Å². The van der Waals surface area contributed by atoms with Gasteiger partial charge in [0.1, 0.15) is 0 Å². The normalized spacial score (nSPS) is 11.0. The molecule has 0 spiro atoms. The number of nitrogens with zero attached hydrogens (tertiary/aromatic N) is 1. The minimum atomic E-state index is -0.101. The number of hydrogen-bond acceptors (Lipinski definition) is 1. The van der Waals surface area contributed by atoms with E-state index in [4.69, 9.17) is 0 Å². The lowest BCUT2D eigenvalue weighted by atomic mass is 10.0. The second-order valence-corrected chi connectivity index (χ2v) is 7.15. The molecule has 1 aromatic heterocycles. The topological polar surface area (TPSA) is 37.8 Å². The third-order valence-corrected chi connectivity index (χ3v) is 5.25. The molecule has 0 amide bonds. The zero-order valence-electron chi connectivity index (χ0n) is 15.9. The molecule has 1 heterocycles. The first kappa shape index (κ1) is 17.3. The van der Waals surface area contributed by atoms with Crippen molar-refractivity contribution in [2.75, 3.05) is 0 Å². The van der Waals surface area contributed by atoms with Gasteiger partial charge >= 0.3 is 5.69 Å². The van der Waals surface area contributed by atoms with Crippen LogP contribution in [0, 0.1) is 0 Å². The van der Waals surface area contributed by atoms with Crippen molar-refractivity contribution in [3.05, 3.63) is 119 Å². The van der Waals surface area contributed by atoms with Crippen molar-refractivity contribution in [2.24, 2.45) is 0 Å². The molecule has 0 fully saturated rings. The fraction of sp³-hybridized carbons (Fsp3) is 0.0385. The second-order valence-electron chi connectivity index (χ2n) is 7.15. The van der Waals surface area contributed by atoms with E-state index in [0.29, 0.717) is 6.54 Å². The number of benzene rings is 4. The van der Waals surface area contributed by atoms with E-state index in [1.54, 1.807) is 0 Å². The number of hydrogen-bond donors (Lipinski definition) is 1. The summed E-state index contributed by atoms with van der Waals surface area (Å²) in [5, 5.41) is 2.34. The standard InChI is InChI=1S/C26H20N2O/c29-26-27-24(21-12-5-2-6-13-21)25(28(26)18-19-9-3-1-4-10-19)23-16-15-20-11-7-8-14-22(20)17-23/h1-17H,18H2,(H,27,29). The first-order valence-electron chi connectivity index (χ1n) is 9.71. The van der Waals surface area contributed by atoms with Gasteiger partial charge in [-0.25, -0.2) is 4.79 Å². The van der Waals surface area contributed by atoms with Crippen molar-refractivity contribution in [3.63, 3.8) is 0 Å². The van der Waals surface area contributed by atoms with Gasteiger partial charge in [-0.05, 0) is 22.4 Å². The summed E-state index contributed by atoms with van der Waals surface area (Å²) in [5.41, 5.74) is 4.78. The molecule has 3 nitrogen and oxygen atoms in total. The molecule has 0 bridgehead atoms. The lowest BCUT2D eigenvalue weighted by molar-refractivity contribution is 0.769. The summed E-state index contributed by atoms with van der Waals surface area (Å²) in [6.45, 7) is 0.519. The minimum absolute atomic E-state index is 0.101. The maximum atomic E-state index is 13.0. The van der Waals surface area contributed by atoms with E-state index in [9.17, 15) is 4.79 Å². The van der Waals surface area contributed by atoms with Crippen LogP contribution in [-0.2, 0) is 6.54 Å². The van der Waals surface area contributed by atoms with E-state index in [2.05, 4.69) is 35.3 Å². The van der Waals surface area contributed by atoms with Crippen LogP contribution in [0.3, 0.4) is 0 Å². The van der Waals surface area contributed by atoms with Crippen LogP contribution in [0.1, 0.15) is 5.56 Å². The van der Waals surface area contributed by atoms with Crippen LogP contribution in [0.25, 0.3) is 33.3 Å². The van der Waals surface area contributed by atoms with Gasteiger partial charge in [0.05, 0.1) is 17.9 Å². The molecule has 0 atom stereocenters. The largest absolute Gasteiger partial charge is 0.326 e. The molecule has 3 heteroatoms. The number of aromatic amines is 1. The molecule has 4 aromatic carbocycles. The smallest absolute Gasteiger partial charge is 0.305 e. The van der Waals surface area contributed by atoms with E-state index in [1.807, 2.05) is 77.4 Å². The zero-order valence-corrected chi connectivity index (χ0v) is 15.9. The Labute approximate surface area is 168 Å². The summed E-state index contributed by atoms with van der Waals surface area (Å²) < 4.78 is 1.84. The van der Waals surface area contributed by atoms with E-state index in [0.717, 1.165) is 33.5 Å².